The van der Waals surface area contributed by atoms with Crippen LogP contribution in [-0.4, -0.2) is 11.7 Å². The molecule has 0 saturated carbocycles. The van der Waals surface area contributed by atoms with E-state index in [2.05, 4.69) is 48.2 Å². The van der Waals surface area contributed by atoms with Gasteiger partial charge >= 0.3 is 0 Å². The summed E-state index contributed by atoms with van der Waals surface area (Å²) in [5.41, 5.74) is 3.89. The van der Waals surface area contributed by atoms with Gasteiger partial charge in [0.2, 0.25) is 0 Å². The average Bonchev–Trinajstić information content (AvgIpc) is 2.80. The zero-order valence-electron chi connectivity index (χ0n) is 16.6. The van der Waals surface area contributed by atoms with Crippen LogP contribution in [0.5, 0.6) is 0 Å². The molecule has 0 aliphatic rings. The van der Waals surface area contributed by atoms with Crippen LogP contribution in [0.25, 0.3) is 0 Å². The number of hydrogen-bond donors (Lipinski definition) is 1. The number of rotatable bonds is 6. The van der Waals surface area contributed by atoms with Crippen LogP contribution in [0, 0.1) is 6.92 Å². The smallest absolute Gasteiger partial charge is 0.132 e. The van der Waals surface area contributed by atoms with Crippen molar-refractivity contribution in [2.75, 3.05) is 11.4 Å². The predicted molar refractivity (Wildman–Crippen MR) is 121 cm³/mol. The van der Waals surface area contributed by atoms with Crippen molar-refractivity contribution in [3.63, 3.8) is 0 Å². The van der Waals surface area contributed by atoms with Crippen LogP contribution in [0.4, 0.5) is 11.4 Å². The lowest BCUT2D eigenvalue weighted by molar-refractivity contribution is 0.0902. The van der Waals surface area contributed by atoms with E-state index in [9.17, 15) is 5.11 Å². The lowest BCUT2D eigenvalue weighted by atomic mass is 9.85. The highest BCUT2D eigenvalue weighted by Gasteiger charge is 2.34. The van der Waals surface area contributed by atoms with Gasteiger partial charge in [-0.3, -0.25) is 0 Å². The first kappa shape index (κ1) is 19.0. The molecule has 0 aliphatic carbocycles. The topological polar surface area (TPSA) is 23.5 Å². The monoisotopic (exact) mass is 379 g/mol. The predicted octanol–water partition coefficient (Wildman–Crippen LogP) is 6.07. The molecule has 1 N–H and O–H groups in total. The van der Waals surface area contributed by atoms with Crippen molar-refractivity contribution in [3.05, 3.63) is 132 Å². The normalized spacial score (nSPS) is 11.2. The molecule has 0 atom stereocenters. The average molecular weight is 380 g/mol. The maximum Gasteiger partial charge on any atom is 0.132 e. The van der Waals surface area contributed by atoms with Gasteiger partial charge in [0.05, 0.1) is 6.54 Å². The zero-order valence-corrected chi connectivity index (χ0v) is 16.6. The van der Waals surface area contributed by atoms with Gasteiger partial charge in [-0.2, -0.15) is 0 Å². The summed E-state index contributed by atoms with van der Waals surface area (Å²) in [6, 6.07) is 38.5. The van der Waals surface area contributed by atoms with Crippen LogP contribution in [0.1, 0.15) is 16.7 Å². The van der Waals surface area contributed by atoms with Gasteiger partial charge < -0.3 is 10.0 Å². The van der Waals surface area contributed by atoms with E-state index < -0.39 is 5.60 Å². The highest BCUT2D eigenvalue weighted by atomic mass is 16.3. The molecule has 0 aliphatic heterocycles. The third-order valence-electron chi connectivity index (χ3n) is 5.30. The second kappa shape index (κ2) is 8.34. The quantitative estimate of drug-likeness (QED) is 0.439. The van der Waals surface area contributed by atoms with Crippen LogP contribution in [0.2, 0.25) is 0 Å². The lowest BCUT2D eigenvalue weighted by Gasteiger charge is -2.36. The number of aliphatic hydroxyl groups is 1. The Labute approximate surface area is 172 Å². The molecule has 0 fully saturated rings. The first-order valence-electron chi connectivity index (χ1n) is 9.89. The van der Waals surface area contributed by atoms with Crippen LogP contribution in [0.3, 0.4) is 0 Å². The molecule has 4 rings (SSSR count). The summed E-state index contributed by atoms with van der Waals surface area (Å²) in [6.45, 7) is 2.48. The van der Waals surface area contributed by atoms with Crippen molar-refractivity contribution < 1.29 is 5.11 Å². The molecule has 2 heteroatoms. The Bertz CT molecular complexity index is 989. The molecule has 0 aromatic heterocycles. The molecule has 0 bridgehead atoms. The molecule has 4 aromatic rings. The van der Waals surface area contributed by atoms with Gasteiger partial charge in [-0.15, -0.1) is 0 Å². The van der Waals surface area contributed by atoms with E-state index in [0.29, 0.717) is 6.54 Å². The fourth-order valence-electron chi connectivity index (χ4n) is 3.67. The van der Waals surface area contributed by atoms with Crippen molar-refractivity contribution in [1.82, 2.24) is 0 Å². The number of hydrogen-bond acceptors (Lipinski definition) is 2. The lowest BCUT2D eigenvalue weighted by Crippen LogP contribution is -2.40. The highest BCUT2D eigenvalue weighted by molar-refractivity contribution is 5.64. The van der Waals surface area contributed by atoms with E-state index in [4.69, 9.17) is 0 Å². The van der Waals surface area contributed by atoms with E-state index in [1.165, 1.54) is 5.56 Å². The molecule has 2 nitrogen and oxygen atoms in total. The number of aryl methyl sites for hydroxylation is 1. The van der Waals surface area contributed by atoms with E-state index in [1.807, 2.05) is 78.9 Å². The Balaban J connectivity index is 1.84. The van der Waals surface area contributed by atoms with Crippen LogP contribution in [0.15, 0.2) is 115 Å². The molecule has 0 saturated heterocycles. The van der Waals surface area contributed by atoms with Crippen molar-refractivity contribution in [3.8, 4) is 0 Å². The third-order valence-corrected chi connectivity index (χ3v) is 5.30. The second-order valence-electron chi connectivity index (χ2n) is 7.35. The van der Waals surface area contributed by atoms with Crippen molar-refractivity contribution in [2.24, 2.45) is 0 Å². The first-order chi connectivity index (χ1) is 14.2. The number of benzene rings is 4. The standard InChI is InChI=1S/C27H25NO/c1-22-17-19-26(20-18-22)28(25-15-9-4-10-16-25)21-27(29,23-11-5-2-6-12-23)24-13-7-3-8-14-24/h2-20,29H,21H2,1H3. The van der Waals surface area contributed by atoms with Gasteiger partial charge in [0.25, 0.3) is 0 Å². The van der Waals surface area contributed by atoms with E-state index in [0.717, 1.165) is 22.5 Å². The summed E-state index contributed by atoms with van der Waals surface area (Å²) in [7, 11) is 0. The van der Waals surface area contributed by atoms with Crippen molar-refractivity contribution >= 4 is 11.4 Å². The molecule has 0 spiro atoms. The number of para-hydroxylation sites is 1. The van der Waals surface area contributed by atoms with Gasteiger partial charge in [-0.25, -0.2) is 0 Å². The maximum atomic E-state index is 12.1. The Morgan fingerprint density at radius 1 is 0.586 bits per heavy atom. The van der Waals surface area contributed by atoms with E-state index >= 15 is 0 Å². The van der Waals surface area contributed by atoms with Gasteiger partial charge in [0, 0.05) is 11.4 Å². The summed E-state index contributed by atoms with van der Waals surface area (Å²) in [6.07, 6.45) is 0. The molecular formula is C27H25NO. The molecule has 144 valence electrons. The summed E-state index contributed by atoms with van der Waals surface area (Å²) in [5.74, 6) is 0. The SMILES string of the molecule is Cc1ccc(N(CC(O)(c2ccccc2)c2ccccc2)c2ccccc2)cc1. The van der Waals surface area contributed by atoms with Crippen LogP contribution >= 0.6 is 0 Å². The Morgan fingerprint density at radius 3 is 1.48 bits per heavy atom. The van der Waals surface area contributed by atoms with Crippen molar-refractivity contribution in [1.29, 1.82) is 0 Å². The fraction of sp³-hybridized carbons (Fsp3) is 0.111. The minimum absolute atomic E-state index is 0.397. The minimum Gasteiger partial charge on any atom is -0.378 e. The molecular weight excluding hydrogens is 354 g/mol. The number of anilines is 2. The maximum absolute atomic E-state index is 12.1. The van der Waals surface area contributed by atoms with E-state index in [1.54, 1.807) is 0 Å². The summed E-state index contributed by atoms with van der Waals surface area (Å²) < 4.78 is 0. The van der Waals surface area contributed by atoms with Gasteiger partial charge in [0.1, 0.15) is 5.60 Å². The third kappa shape index (κ3) is 4.08. The largest absolute Gasteiger partial charge is 0.378 e. The summed E-state index contributed by atoms with van der Waals surface area (Å²) >= 11 is 0. The van der Waals surface area contributed by atoms with Gasteiger partial charge in [-0.05, 0) is 42.3 Å². The fourth-order valence-corrected chi connectivity index (χ4v) is 3.67. The molecule has 0 unspecified atom stereocenters. The molecule has 0 heterocycles. The van der Waals surface area contributed by atoms with Gasteiger partial charge in [0.15, 0.2) is 0 Å². The Morgan fingerprint density at radius 2 is 1.00 bits per heavy atom. The van der Waals surface area contributed by atoms with E-state index in [-0.39, 0.29) is 0 Å². The van der Waals surface area contributed by atoms with Crippen molar-refractivity contribution in [2.45, 2.75) is 12.5 Å². The number of nitrogens with zero attached hydrogens (tertiary/aromatic N) is 1. The molecule has 4 aromatic carbocycles. The second-order valence-corrected chi connectivity index (χ2v) is 7.35. The molecule has 0 amide bonds. The zero-order chi connectivity index (χ0) is 20.1. The summed E-state index contributed by atoms with van der Waals surface area (Å²) in [5, 5.41) is 12.1. The van der Waals surface area contributed by atoms with Crippen LogP contribution in [-0.2, 0) is 5.60 Å². The summed E-state index contributed by atoms with van der Waals surface area (Å²) in [4.78, 5) is 2.18. The van der Waals surface area contributed by atoms with Gasteiger partial charge in [-0.1, -0.05) is 96.6 Å². The molecule has 0 radical (unpaired) electrons. The Kier molecular flexibility index (Phi) is 5.46. The van der Waals surface area contributed by atoms with Crippen LogP contribution < -0.4 is 4.90 Å². The highest BCUT2D eigenvalue weighted by Crippen LogP contribution is 2.35. The first-order valence-corrected chi connectivity index (χ1v) is 9.89. The minimum atomic E-state index is -1.16. The Hall–Kier alpha value is -3.36. The molecule has 29 heavy (non-hydrogen) atoms.